The lowest BCUT2D eigenvalue weighted by Crippen LogP contribution is -2.54. The molecule has 6 nitrogen and oxygen atoms in total. The van der Waals surface area contributed by atoms with Gasteiger partial charge >= 0.3 is 0 Å². The molecule has 2 fully saturated rings. The van der Waals surface area contributed by atoms with Crippen LogP contribution in [0.15, 0.2) is 0 Å². The molecular formula is C15H28N2O4. The fourth-order valence-electron chi connectivity index (χ4n) is 2.87. The Kier molecular flexibility index (Phi) is 6.41. The fourth-order valence-corrected chi connectivity index (χ4v) is 2.87. The highest BCUT2D eigenvalue weighted by atomic mass is 16.5. The second kappa shape index (κ2) is 8.08. The summed E-state index contributed by atoms with van der Waals surface area (Å²) in [5.41, 5.74) is 5.05. The number of primary amides is 1. The van der Waals surface area contributed by atoms with E-state index >= 15 is 0 Å². The zero-order chi connectivity index (χ0) is 15.1. The highest BCUT2D eigenvalue weighted by Crippen LogP contribution is 2.35. The lowest BCUT2D eigenvalue weighted by atomic mass is 9.96. The first-order valence-electron chi connectivity index (χ1n) is 7.92. The van der Waals surface area contributed by atoms with E-state index in [1.807, 2.05) is 0 Å². The maximum Gasteiger partial charge on any atom is 0.237 e. The first-order valence-corrected chi connectivity index (χ1v) is 7.92. The molecule has 2 unspecified atom stereocenters. The predicted molar refractivity (Wildman–Crippen MR) is 79.0 cm³/mol. The molecule has 21 heavy (non-hydrogen) atoms. The molecule has 0 radical (unpaired) electrons. The van der Waals surface area contributed by atoms with Crippen LogP contribution in [0, 0.1) is 0 Å². The zero-order valence-corrected chi connectivity index (χ0v) is 12.9. The van der Waals surface area contributed by atoms with Crippen molar-refractivity contribution in [1.82, 2.24) is 5.32 Å². The topological polar surface area (TPSA) is 82.8 Å². The molecule has 2 atom stereocenters. The minimum atomic E-state index is -0.550. The molecule has 0 aromatic carbocycles. The number of hydrogen-bond acceptors (Lipinski definition) is 5. The number of methoxy groups -OCH3 is 1. The summed E-state index contributed by atoms with van der Waals surface area (Å²) < 4.78 is 16.2. The van der Waals surface area contributed by atoms with Crippen LogP contribution in [-0.2, 0) is 19.0 Å². The predicted octanol–water partition coefficient (Wildman–Crippen LogP) is 0.585. The van der Waals surface area contributed by atoms with Gasteiger partial charge in [0.05, 0.1) is 19.3 Å². The van der Waals surface area contributed by atoms with Crippen molar-refractivity contribution >= 4 is 5.91 Å². The normalized spacial score (nSPS) is 28.9. The highest BCUT2D eigenvalue weighted by Gasteiger charge is 2.47. The monoisotopic (exact) mass is 300 g/mol. The van der Waals surface area contributed by atoms with E-state index in [-0.39, 0.29) is 12.0 Å². The molecule has 3 N–H and O–H groups in total. The van der Waals surface area contributed by atoms with Crippen LogP contribution in [-0.4, -0.2) is 57.1 Å². The number of carbonyl (C=O) groups excluding carboxylic acids is 1. The number of ether oxygens (including phenoxy) is 3. The number of rotatable bonds is 11. The van der Waals surface area contributed by atoms with E-state index in [0.717, 1.165) is 38.7 Å². The number of hydrogen-bond donors (Lipinski definition) is 2. The molecule has 2 saturated carbocycles. The maximum atomic E-state index is 11.8. The Morgan fingerprint density at radius 3 is 2.71 bits per heavy atom. The Balaban J connectivity index is 1.61. The van der Waals surface area contributed by atoms with Crippen LogP contribution >= 0.6 is 0 Å². The van der Waals surface area contributed by atoms with Crippen molar-refractivity contribution in [3.63, 3.8) is 0 Å². The van der Waals surface area contributed by atoms with Crippen LogP contribution in [0.3, 0.4) is 0 Å². The van der Waals surface area contributed by atoms with Gasteiger partial charge in [0, 0.05) is 32.8 Å². The summed E-state index contributed by atoms with van der Waals surface area (Å²) in [4.78, 5) is 11.8. The molecule has 2 aliphatic rings. The van der Waals surface area contributed by atoms with E-state index in [1.165, 1.54) is 0 Å². The minimum Gasteiger partial charge on any atom is -0.385 e. The van der Waals surface area contributed by atoms with Gasteiger partial charge in [0.25, 0.3) is 0 Å². The summed E-state index contributed by atoms with van der Waals surface area (Å²) in [6.07, 6.45) is 5.64. The van der Waals surface area contributed by atoms with Gasteiger partial charge in [-0.1, -0.05) is 0 Å². The summed E-state index contributed by atoms with van der Waals surface area (Å²) in [6, 6.07) is 0.473. The maximum absolute atomic E-state index is 11.8. The largest absolute Gasteiger partial charge is 0.385 e. The van der Waals surface area contributed by atoms with Crippen LogP contribution in [0.25, 0.3) is 0 Å². The van der Waals surface area contributed by atoms with Crippen molar-refractivity contribution in [2.24, 2.45) is 5.73 Å². The molecule has 0 aromatic heterocycles. The molecule has 0 bridgehead atoms. The van der Waals surface area contributed by atoms with Crippen LogP contribution < -0.4 is 11.1 Å². The van der Waals surface area contributed by atoms with Crippen LogP contribution in [0.4, 0.5) is 0 Å². The summed E-state index contributed by atoms with van der Waals surface area (Å²) in [6.45, 7) is 2.56. The van der Waals surface area contributed by atoms with Gasteiger partial charge in [-0.2, -0.15) is 0 Å². The molecule has 0 aliphatic heterocycles. The van der Waals surface area contributed by atoms with Gasteiger partial charge < -0.3 is 25.3 Å². The molecule has 6 heteroatoms. The number of nitrogens with two attached hydrogens (primary N) is 1. The summed E-state index contributed by atoms with van der Waals surface area (Å²) in [5, 5.41) is 3.42. The zero-order valence-electron chi connectivity index (χ0n) is 12.9. The van der Waals surface area contributed by atoms with Crippen molar-refractivity contribution < 1.29 is 19.0 Å². The lowest BCUT2D eigenvalue weighted by molar-refractivity contribution is -0.124. The van der Waals surface area contributed by atoms with Crippen LogP contribution in [0.5, 0.6) is 0 Å². The minimum absolute atomic E-state index is 0.103. The van der Waals surface area contributed by atoms with Gasteiger partial charge in [0.15, 0.2) is 0 Å². The lowest BCUT2D eigenvalue weighted by Gasteiger charge is -2.27. The van der Waals surface area contributed by atoms with Crippen LogP contribution in [0.1, 0.15) is 38.5 Å². The second-order valence-electron chi connectivity index (χ2n) is 6.06. The Morgan fingerprint density at radius 2 is 2.05 bits per heavy atom. The van der Waals surface area contributed by atoms with Crippen molar-refractivity contribution in [2.45, 2.75) is 56.2 Å². The van der Waals surface area contributed by atoms with Crippen molar-refractivity contribution in [2.75, 3.05) is 33.5 Å². The summed E-state index contributed by atoms with van der Waals surface area (Å²) in [5.74, 6) is -0.240. The molecule has 0 saturated heterocycles. The van der Waals surface area contributed by atoms with E-state index in [2.05, 4.69) is 5.32 Å². The third-order valence-corrected chi connectivity index (χ3v) is 4.22. The fraction of sp³-hybridized carbons (Fsp3) is 0.933. The highest BCUT2D eigenvalue weighted by molar-refractivity contribution is 5.85. The summed E-state index contributed by atoms with van der Waals surface area (Å²) in [7, 11) is 1.68. The van der Waals surface area contributed by atoms with Gasteiger partial charge in [0.2, 0.25) is 5.91 Å². The number of amides is 1. The van der Waals surface area contributed by atoms with E-state index in [4.69, 9.17) is 19.9 Å². The van der Waals surface area contributed by atoms with E-state index < -0.39 is 5.54 Å². The number of nitrogens with one attached hydrogen (secondary N) is 1. The van der Waals surface area contributed by atoms with Gasteiger partial charge in [-0.3, -0.25) is 4.79 Å². The Bertz CT molecular complexity index is 336. The third-order valence-electron chi connectivity index (χ3n) is 4.22. The summed E-state index contributed by atoms with van der Waals surface area (Å²) >= 11 is 0. The molecule has 122 valence electrons. The SMILES string of the molecule is COCCCOCCOC1CCC(NC2CC2)(C(N)=O)C1. The van der Waals surface area contributed by atoms with Crippen molar-refractivity contribution in [1.29, 1.82) is 0 Å². The molecule has 0 heterocycles. The number of carbonyl (C=O) groups is 1. The van der Waals surface area contributed by atoms with Crippen molar-refractivity contribution in [3.05, 3.63) is 0 Å². The molecule has 1 amide bonds. The van der Waals surface area contributed by atoms with Crippen LogP contribution in [0.2, 0.25) is 0 Å². The van der Waals surface area contributed by atoms with Gasteiger partial charge in [0.1, 0.15) is 5.54 Å². The van der Waals surface area contributed by atoms with Gasteiger partial charge in [-0.25, -0.2) is 0 Å². The first-order chi connectivity index (χ1) is 10.2. The van der Waals surface area contributed by atoms with E-state index in [0.29, 0.717) is 32.3 Å². The standard InChI is InChI=1S/C15H28N2O4/c1-19-7-2-8-20-9-10-21-13-5-6-15(11-13,14(16)18)17-12-3-4-12/h12-13,17H,2-11H2,1H3,(H2,16,18). The Hall–Kier alpha value is -0.690. The Labute approximate surface area is 126 Å². The van der Waals surface area contributed by atoms with Gasteiger partial charge in [-0.15, -0.1) is 0 Å². The second-order valence-corrected chi connectivity index (χ2v) is 6.06. The molecule has 0 spiro atoms. The Morgan fingerprint density at radius 1 is 1.24 bits per heavy atom. The molecular weight excluding hydrogens is 272 g/mol. The first kappa shape index (κ1) is 16.7. The van der Waals surface area contributed by atoms with Crippen molar-refractivity contribution in [3.8, 4) is 0 Å². The molecule has 2 aliphatic carbocycles. The molecule has 0 aromatic rings. The van der Waals surface area contributed by atoms with E-state index in [1.54, 1.807) is 7.11 Å². The average Bonchev–Trinajstić information content (AvgIpc) is 3.16. The smallest absolute Gasteiger partial charge is 0.237 e. The van der Waals surface area contributed by atoms with Gasteiger partial charge in [-0.05, 0) is 32.1 Å². The quantitative estimate of drug-likeness (QED) is 0.546. The third kappa shape index (κ3) is 5.21. The van der Waals surface area contributed by atoms with E-state index in [9.17, 15) is 4.79 Å². The average molecular weight is 300 g/mol. The molecule has 2 rings (SSSR count).